The fourth-order valence-electron chi connectivity index (χ4n) is 3.01. The zero-order valence-electron chi connectivity index (χ0n) is 14.8. The molecule has 1 heterocycles. The lowest BCUT2D eigenvalue weighted by atomic mass is 9.85. The molecule has 0 unspecified atom stereocenters. The molecule has 0 aromatic heterocycles. The molecule has 126 valence electrons. The third-order valence-electron chi connectivity index (χ3n) is 4.35. The van der Waals surface area contributed by atoms with Gasteiger partial charge in [0.1, 0.15) is 0 Å². The number of likely N-dealkylation sites (N-methyl/N-ethyl adjacent to an activating group) is 1. The summed E-state index contributed by atoms with van der Waals surface area (Å²) in [4.78, 5) is 15.0. The van der Waals surface area contributed by atoms with E-state index in [9.17, 15) is 4.79 Å². The Morgan fingerprint density at radius 3 is 2.48 bits per heavy atom. The van der Waals surface area contributed by atoms with Gasteiger partial charge in [0.15, 0.2) is 0 Å². The maximum Gasteiger partial charge on any atom is 0.241 e. The number of amides is 1. The quantitative estimate of drug-likeness (QED) is 0.918. The maximum absolute atomic E-state index is 12.8. The van der Waals surface area contributed by atoms with Crippen LogP contribution >= 0.6 is 11.8 Å². The van der Waals surface area contributed by atoms with Crippen LogP contribution < -0.4 is 5.32 Å². The number of nitrogens with zero attached hydrogens (tertiary/aromatic N) is 1. The van der Waals surface area contributed by atoms with Gasteiger partial charge in [-0.1, -0.05) is 51.1 Å². The van der Waals surface area contributed by atoms with Gasteiger partial charge in [0, 0.05) is 18.0 Å². The molecule has 1 aromatic rings. The third-order valence-corrected chi connectivity index (χ3v) is 4.92. The zero-order chi connectivity index (χ0) is 17.0. The minimum absolute atomic E-state index is 0.0498. The summed E-state index contributed by atoms with van der Waals surface area (Å²) in [6.45, 7) is 7.50. The summed E-state index contributed by atoms with van der Waals surface area (Å²) in [7, 11) is 2.06. The lowest BCUT2D eigenvalue weighted by molar-refractivity contribution is -0.124. The maximum atomic E-state index is 12.8. The highest BCUT2D eigenvalue weighted by atomic mass is 32.2. The molecule has 0 radical (unpaired) electrons. The van der Waals surface area contributed by atoms with Crippen molar-refractivity contribution in [2.45, 2.75) is 33.2 Å². The number of benzene rings is 1. The highest BCUT2D eigenvalue weighted by molar-refractivity contribution is 7.98. The lowest BCUT2D eigenvalue weighted by Crippen LogP contribution is -2.44. The van der Waals surface area contributed by atoms with Crippen LogP contribution in [0.3, 0.4) is 0 Å². The first-order chi connectivity index (χ1) is 10.8. The minimum Gasteiger partial charge on any atom is -0.328 e. The van der Waals surface area contributed by atoms with Crippen LogP contribution in [0, 0.1) is 5.41 Å². The van der Waals surface area contributed by atoms with Crippen LogP contribution in [0.15, 0.2) is 41.6 Å². The molecule has 1 N–H and O–H groups in total. The Bertz CT molecular complexity index is 575. The number of nitrogens with one attached hydrogen (secondary N) is 1. The second-order valence-corrected chi connectivity index (χ2v) is 8.12. The van der Waals surface area contributed by atoms with Crippen LogP contribution in [0.4, 0.5) is 0 Å². The molecule has 1 aliphatic heterocycles. The van der Waals surface area contributed by atoms with Crippen LogP contribution in [0.25, 0.3) is 0 Å². The Kier molecular flexibility index (Phi) is 5.93. The van der Waals surface area contributed by atoms with E-state index < -0.39 is 0 Å². The minimum atomic E-state index is -0.130. The summed E-state index contributed by atoms with van der Waals surface area (Å²) < 4.78 is 0. The molecule has 2 rings (SSSR count). The summed E-state index contributed by atoms with van der Waals surface area (Å²) in [6, 6.07) is 10.1. The van der Waals surface area contributed by atoms with E-state index in [0.717, 1.165) is 24.4 Å². The number of thioether (sulfide) groups is 1. The topological polar surface area (TPSA) is 32.3 Å². The number of carbonyl (C=O) groups is 1. The molecule has 0 aliphatic carbocycles. The molecule has 1 aliphatic rings. The number of hydrogen-bond donors (Lipinski definition) is 1. The van der Waals surface area contributed by atoms with Crippen molar-refractivity contribution in [3.8, 4) is 0 Å². The first-order valence-corrected chi connectivity index (χ1v) is 9.48. The molecular weight excluding hydrogens is 304 g/mol. The van der Waals surface area contributed by atoms with E-state index in [2.05, 4.69) is 56.4 Å². The van der Waals surface area contributed by atoms with Crippen molar-refractivity contribution >= 4 is 17.7 Å². The molecule has 1 atom stereocenters. The average molecular weight is 333 g/mol. The first kappa shape index (κ1) is 18.1. The SMILES string of the molecule is CSCC1=C(C(C)(C)C)CN(C)[C@H](Cc2ccccc2)C(=O)N1. The van der Waals surface area contributed by atoms with Gasteiger partial charge in [-0.25, -0.2) is 0 Å². The summed E-state index contributed by atoms with van der Waals surface area (Å²) in [6.07, 6.45) is 2.82. The van der Waals surface area contributed by atoms with Crippen molar-refractivity contribution in [1.29, 1.82) is 0 Å². The summed E-state index contributed by atoms with van der Waals surface area (Å²) in [5.41, 5.74) is 3.68. The molecule has 0 fully saturated rings. The van der Waals surface area contributed by atoms with Gasteiger partial charge in [-0.05, 0) is 36.3 Å². The van der Waals surface area contributed by atoms with Gasteiger partial charge in [0.05, 0.1) is 6.04 Å². The first-order valence-electron chi connectivity index (χ1n) is 8.09. The summed E-state index contributed by atoms with van der Waals surface area (Å²) >= 11 is 1.75. The van der Waals surface area contributed by atoms with E-state index in [1.807, 2.05) is 18.2 Å². The largest absolute Gasteiger partial charge is 0.328 e. The van der Waals surface area contributed by atoms with Gasteiger partial charge in [0.2, 0.25) is 5.91 Å². The van der Waals surface area contributed by atoms with Crippen LogP contribution in [-0.2, 0) is 11.2 Å². The normalized spacial score (nSPS) is 20.4. The predicted molar refractivity (Wildman–Crippen MR) is 99.6 cm³/mol. The Balaban J connectivity index is 2.27. The van der Waals surface area contributed by atoms with E-state index >= 15 is 0 Å². The van der Waals surface area contributed by atoms with Gasteiger partial charge in [-0.3, -0.25) is 9.69 Å². The second-order valence-electron chi connectivity index (χ2n) is 7.25. The van der Waals surface area contributed by atoms with Crippen molar-refractivity contribution < 1.29 is 4.79 Å². The van der Waals surface area contributed by atoms with E-state index in [-0.39, 0.29) is 17.4 Å². The van der Waals surface area contributed by atoms with Crippen LogP contribution in [0.2, 0.25) is 0 Å². The molecule has 0 spiro atoms. The molecule has 3 nitrogen and oxygen atoms in total. The van der Waals surface area contributed by atoms with Gasteiger partial charge < -0.3 is 5.32 Å². The van der Waals surface area contributed by atoms with Crippen molar-refractivity contribution in [2.75, 3.05) is 25.6 Å². The van der Waals surface area contributed by atoms with Crippen molar-refractivity contribution in [1.82, 2.24) is 10.2 Å². The zero-order valence-corrected chi connectivity index (χ0v) is 15.7. The molecule has 0 saturated heterocycles. The molecule has 1 aromatic carbocycles. The summed E-state index contributed by atoms with van der Waals surface area (Å²) in [5.74, 6) is 0.962. The second kappa shape index (κ2) is 7.54. The van der Waals surface area contributed by atoms with Crippen molar-refractivity contribution in [3.63, 3.8) is 0 Å². The Morgan fingerprint density at radius 2 is 1.91 bits per heavy atom. The van der Waals surface area contributed by atoms with Crippen molar-refractivity contribution in [3.05, 3.63) is 47.2 Å². The molecule has 0 saturated carbocycles. The van der Waals surface area contributed by atoms with E-state index in [0.29, 0.717) is 0 Å². The van der Waals surface area contributed by atoms with E-state index in [1.54, 1.807) is 11.8 Å². The highest BCUT2D eigenvalue weighted by Gasteiger charge is 2.32. The fourth-order valence-corrected chi connectivity index (χ4v) is 3.54. The van der Waals surface area contributed by atoms with Gasteiger partial charge >= 0.3 is 0 Å². The average Bonchev–Trinajstić information content (AvgIpc) is 2.60. The molecule has 0 bridgehead atoms. The highest BCUT2D eigenvalue weighted by Crippen LogP contribution is 2.31. The number of rotatable bonds is 4. The molecular formula is C19H28N2OS. The monoisotopic (exact) mass is 332 g/mol. The van der Waals surface area contributed by atoms with Crippen LogP contribution in [-0.4, -0.2) is 42.4 Å². The van der Waals surface area contributed by atoms with Gasteiger partial charge in [0.25, 0.3) is 0 Å². The molecule has 4 heteroatoms. The van der Waals surface area contributed by atoms with Crippen LogP contribution in [0.5, 0.6) is 0 Å². The third kappa shape index (κ3) is 4.61. The smallest absolute Gasteiger partial charge is 0.241 e. The number of carbonyl (C=O) groups excluding carboxylic acids is 1. The van der Waals surface area contributed by atoms with Gasteiger partial charge in [-0.2, -0.15) is 11.8 Å². The van der Waals surface area contributed by atoms with E-state index in [4.69, 9.17) is 0 Å². The standard InChI is InChI=1S/C19H28N2OS/c1-19(2,3)15-12-21(4)17(11-14-9-7-6-8-10-14)18(22)20-16(15)13-23-5/h6-10,17H,11-13H2,1-5H3,(H,20,22)/t17-/m1/s1. The van der Waals surface area contributed by atoms with Gasteiger partial charge in [-0.15, -0.1) is 0 Å². The fraction of sp³-hybridized carbons (Fsp3) is 0.526. The summed E-state index contributed by atoms with van der Waals surface area (Å²) in [5, 5.41) is 3.22. The molecule has 23 heavy (non-hydrogen) atoms. The lowest BCUT2D eigenvalue weighted by Gasteiger charge is -2.29. The number of hydrogen-bond acceptors (Lipinski definition) is 3. The predicted octanol–water partition coefficient (Wildman–Crippen LogP) is 3.32. The van der Waals surface area contributed by atoms with Crippen LogP contribution in [0.1, 0.15) is 26.3 Å². The van der Waals surface area contributed by atoms with E-state index in [1.165, 1.54) is 11.1 Å². The molecule has 1 amide bonds. The Hall–Kier alpha value is -1.26. The Morgan fingerprint density at radius 1 is 1.26 bits per heavy atom. The Labute approximate surface area is 144 Å². The van der Waals surface area contributed by atoms with Crippen molar-refractivity contribution in [2.24, 2.45) is 5.41 Å².